The molecule has 0 amide bonds. The third-order valence-electron chi connectivity index (χ3n) is 3.02. The Kier molecular flexibility index (Phi) is 5.15. The first-order valence-corrected chi connectivity index (χ1v) is 7.20. The highest BCUT2D eigenvalue weighted by atomic mass is 35.5. The van der Waals surface area contributed by atoms with Gasteiger partial charge < -0.3 is 9.88 Å². The first kappa shape index (κ1) is 15.4. The summed E-state index contributed by atoms with van der Waals surface area (Å²) in [5.41, 5.74) is 0. The molecule has 2 heterocycles. The van der Waals surface area contributed by atoms with Gasteiger partial charge in [-0.15, -0.1) is 12.4 Å². The summed E-state index contributed by atoms with van der Waals surface area (Å²) in [4.78, 5) is 4.04. The van der Waals surface area contributed by atoms with E-state index in [1.54, 1.807) is 24.7 Å². The Labute approximate surface area is 114 Å². The van der Waals surface area contributed by atoms with Crippen molar-refractivity contribution in [2.45, 2.75) is 30.8 Å². The zero-order chi connectivity index (χ0) is 12.5. The third kappa shape index (κ3) is 3.44. The van der Waals surface area contributed by atoms with Gasteiger partial charge in [-0.25, -0.2) is 18.1 Å². The summed E-state index contributed by atoms with van der Waals surface area (Å²) in [5, 5.41) is 3.31. The van der Waals surface area contributed by atoms with Crippen LogP contribution in [0.15, 0.2) is 11.2 Å². The molecule has 8 heteroatoms. The van der Waals surface area contributed by atoms with E-state index in [0.717, 1.165) is 25.9 Å². The van der Waals surface area contributed by atoms with Crippen molar-refractivity contribution in [3.8, 4) is 0 Å². The van der Waals surface area contributed by atoms with Crippen LogP contribution in [0.3, 0.4) is 0 Å². The number of aromatic nitrogens is 2. The van der Waals surface area contributed by atoms with E-state index < -0.39 is 10.0 Å². The first-order valence-electron chi connectivity index (χ1n) is 5.72. The topological polar surface area (TPSA) is 76.0 Å². The highest BCUT2D eigenvalue weighted by Gasteiger charge is 2.23. The van der Waals surface area contributed by atoms with Crippen LogP contribution >= 0.6 is 12.4 Å². The number of halogens is 1. The van der Waals surface area contributed by atoms with E-state index in [0.29, 0.717) is 5.82 Å². The second-order valence-corrected chi connectivity index (χ2v) is 6.04. The molecule has 104 valence electrons. The van der Waals surface area contributed by atoms with E-state index in [4.69, 9.17) is 0 Å². The van der Waals surface area contributed by atoms with Gasteiger partial charge in [-0.2, -0.15) is 0 Å². The molecule has 0 aromatic carbocycles. The van der Waals surface area contributed by atoms with Crippen molar-refractivity contribution in [1.29, 1.82) is 0 Å². The summed E-state index contributed by atoms with van der Waals surface area (Å²) < 4.78 is 28.5. The van der Waals surface area contributed by atoms with Gasteiger partial charge in [0.05, 0.1) is 0 Å². The zero-order valence-electron chi connectivity index (χ0n) is 10.5. The minimum Gasteiger partial charge on any atom is -0.337 e. The molecule has 0 spiro atoms. The van der Waals surface area contributed by atoms with Crippen molar-refractivity contribution >= 4 is 22.4 Å². The van der Waals surface area contributed by atoms with E-state index in [-0.39, 0.29) is 23.5 Å². The Bertz CT molecular complexity index is 474. The number of hydrogen-bond acceptors (Lipinski definition) is 4. The van der Waals surface area contributed by atoms with E-state index in [2.05, 4.69) is 15.0 Å². The molecule has 6 nitrogen and oxygen atoms in total. The molecule has 0 saturated carbocycles. The van der Waals surface area contributed by atoms with Gasteiger partial charge in [-0.3, -0.25) is 0 Å². The molecule has 0 aliphatic carbocycles. The van der Waals surface area contributed by atoms with E-state index in [1.807, 2.05) is 0 Å². The molecular formula is C10H19ClN4O2S. The second kappa shape index (κ2) is 6.01. The van der Waals surface area contributed by atoms with Gasteiger partial charge in [0.25, 0.3) is 10.0 Å². The van der Waals surface area contributed by atoms with Crippen molar-refractivity contribution in [3.63, 3.8) is 0 Å². The lowest BCUT2D eigenvalue weighted by atomic mass is 10.1. The number of hydrogen-bond donors (Lipinski definition) is 2. The molecule has 0 unspecified atom stereocenters. The van der Waals surface area contributed by atoms with Crippen molar-refractivity contribution in [2.75, 3.05) is 13.1 Å². The molecule has 0 bridgehead atoms. The lowest BCUT2D eigenvalue weighted by Crippen LogP contribution is -2.42. The van der Waals surface area contributed by atoms with Gasteiger partial charge >= 0.3 is 0 Å². The predicted octanol–water partition coefficient (Wildman–Crippen LogP) is 0.181. The molecule has 1 aliphatic rings. The van der Waals surface area contributed by atoms with E-state index in [9.17, 15) is 8.42 Å². The summed E-state index contributed by atoms with van der Waals surface area (Å²) in [7, 11) is -1.69. The molecule has 0 radical (unpaired) electrons. The maximum atomic E-state index is 12.1. The summed E-state index contributed by atoms with van der Waals surface area (Å²) in [5.74, 6) is 0.690. The normalized spacial score (nSPS) is 17.4. The number of nitrogens with one attached hydrogen (secondary N) is 2. The van der Waals surface area contributed by atoms with Crippen LogP contribution in [0, 0.1) is 6.92 Å². The molecule has 18 heavy (non-hydrogen) atoms. The smallest absolute Gasteiger partial charge is 0.259 e. The number of aryl methyl sites for hydroxylation is 2. The number of piperidine rings is 1. The molecule has 1 saturated heterocycles. The van der Waals surface area contributed by atoms with Gasteiger partial charge in [-0.1, -0.05) is 0 Å². The fourth-order valence-corrected chi connectivity index (χ4v) is 3.22. The van der Waals surface area contributed by atoms with Crippen LogP contribution in [0.5, 0.6) is 0 Å². The quantitative estimate of drug-likeness (QED) is 0.834. The van der Waals surface area contributed by atoms with Crippen molar-refractivity contribution in [2.24, 2.45) is 7.05 Å². The highest BCUT2D eigenvalue weighted by Crippen LogP contribution is 2.11. The van der Waals surface area contributed by atoms with Crippen LogP contribution in [0.1, 0.15) is 18.7 Å². The molecule has 0 atom stereocenters. The van der Waals surface area contributed by atoms with Crippen molar-refractivity contribution in [3.05, 3.63) is 12.0 Å². The number of sulfonamides is 1. The van der Waals surface area contributed by atoms with E-state index in [1.165, 1.54) is 0 Å². The molecule has 2 rings (SSSR count). The molecule has 1 aromatic heterocycles. The summed E-state index contributed by atoms with van der Waals surface area (Å²) in [6, 6.07) is 0.0172. The Hall–Kier alpha value is -0.630. The highest BCUT2D eigenvalue weighted by molar-refractivity contribution is 7.89. The van der Waals surface area contributed by atoms with Gasteiger partial charge in [-0.05, 0) is 32.9 Å². The van der Waals surface area contributed by atoms with Crippen molar-refractivity contribution in [1.82, 2.24) is 19.6 Å². The Morgan fingerprint density at radius 3 is 2.56 bits per heavy atom. The molecule has 1 fully saturated rings. The Morgan fingerprint density at radius 2 is 2.06 bits per heavy atom. The maximum absolute atomic E-state index is 12.1. The zero-order valence-corrected chi connectivity index (χ0v) is 12.1. The van der Waals surface area contributed by atoms with Crippen molar-refractivity contribution < 1.29 is 8.42 Å². The van der Waals surface area contributed by atoms with Gasteiger partial charge in [0.1, 0.15) is 5.82 Å². The average Bonchev–Trinajstić information content (AvgIpc) is 2.61. The van der Waals surface area contributed by atoms with Gasteiger partial charge in [0, 0.05) is 19.3 Å². The van der Waals surface area contributed by atoms with Crippen LogP contribution in [-0.4, -0.2) is 37.1 Å². The Balaban J connectivity index is 0.00000162. The number of nitrogens with zero attached hydrogens (tertiary/aromatic N) is 2. The van der Waals surface area contributed by atoms with Crippen LogP contribution < -0.4 is 10.0 Å². The Morgan fingerprint density at radius 1 is 1.44 bits per heavy atom. The molecular weight excluding hydrogens is 276 g/mol. The van der Waals surface area contributed by atoms with E-state index >= 15 is 0 Å². The van der Waals surface area contributed by atoms with Gasteiger partial charge in [0.15, 0.2) is 5.03 Å². The fourth-order valence-electron chi connectivity index (χ4n) is 1.88. The second-order valence-electron chi connectivity index (χ2n) is 4.38. The predicted molar refractivity (Wildman–Crippen MR) is 71.4 cm³/mol. The SMILES string of the molecule is Cc1nc(S(=O)(=O)NC2CCNCC2)cn1C.Cl. The maximum Gasteiger partial charge on any atom is 0.259 e. The molecule has 1 aromatic rings. The average molecular weight is 295 g/mol. The summed E-state index contributed by atoms with van der Waals surface area (Å²) in [6.45, 7) is 3.49. The van der Waals surface area contributed by atoms with Crippen LogP contribution in [0.4, 0.5) is 0 Å². The lowest BCUT2D eigenvalue weighted by Gasteiger charge is -2.22. The lowest BCUT2D eigenvalue weighted by molar-refractivity contribution is 0.426. The van der Waals surface area contributed by atoms with Crippen LogP contribution in [0.25, 0.3) is 0 Å². The summed E-state index contributed by atoms with van der Waals surface area (Å²) >= 11 is 0. The minimum atomic E-state index is -3.47. The standard InChI is InChI=1S/C10H18N4O2S.ClH/c1-8-12-10(7-14(8)2)17(15,16)13-9-3-5-11-6-4-9;/h7,9,11,13H,3-6H2,1-2H3;1H. The largest absolute Gasteiger partial charge is 0.337 e. The fraction of sp³-hybridized carbons (Fsp3) is 0.700. The van der Waals surface area contributed by atoms with Crippen LogP contribution in [0.2, 0.25) is 0 Å². The third-order valence-corrected chi connectivity index (χ3v) is 4.41. The number of rotatable bonds is 3. The minimum absolute atomic E-state index is 0. The van der Waals surface area contributed by atoms with Crippen LogP contribution in [-0.2, 0) is 17.1 Å². The summed E-state index contributed by atoms with van der Waals surface area (Å²) in [6.07, 6.45) is 3.19. The van der Waals surface area contributed by atoms with Gasteiger partial charge in [0.2, 0.25) is 0 Å². The molecule has 1 aliphatic heterocycles. The first-order chi connectivity index (χ1) is 7.99. The monoisotopic (exact) mass is 294 g/mol. The number of imidazole rings is 1. The molecule has 2 N–H and O–H groups in total.